The number of aliphatic carboxylic acids is 1. The lowest BCUT2D eigenvalue weighted by Gasteiger charge is -2.15. The third kappa shape index (κ3) is 5.70. The molecule has 0 saturated heterocycles. The van der Waals surface area contributed by atoms with Gasteiger partial charge < -0.3 is 25.4 Å². The monoisotopic (exact) mass is 297 g/mol. The number of rotatable bonds is 8. The number of phenols is 2. The van der Waals surface area contributed by atoms with E-state index in [9.17, 15) is 19.8 Å². The number of carboxylic acid groups (broad SMARTS) is 1. The van der Waals surface area contributed by atoms with Crippen LogP contribution in [0.25, 0.3) is 0 Å². The summed E-state index contributed by atoms with van der Waals surface area (Å²) in [5.41, 5.74) is 0.495. The van der Waals surface area contributed by atoms with Crippen LogP contribution in [0.3, 0.4) is 0 Å². The Hall–Kier alpha value is -2.28. The van der Waals surface area contributed by atoms with Crippen molar-refractivity contribution in [2.45, 2.75) is 25.3 Å². The molecule has 4 N–H and O–H groups in total. The maximum atomic E-state index is 11.6. The highest BCUT2D eigenvalue weighted by atomic mass is 16.5. The molecule has 0 aliphatic carbocycles. The molecule has 0 saturated carbocycles. The molecule has 0 radical (unpaired) electrons. The van der Waals surface area contributed by atoms with Crippen molar-refractivity contribution in [2.24, 2.45) is 0 Å². The molecular formula is C14H19NO6. The number of hydrogen-bond acceptors (Lipinski definition) is 5. The van der Waals surface area contributed by atoms with E-state index in [1.165, 1.54) is 25.3 Å². The van der Waals surface area contributed by atoms with Gasteiger partial charge in [-0.2, -0.15) is 0 Å². The lowest BCUT2D eigenvalue weighted by molar-refractivity contribution is -0.141. The maximum Gasteiger partial charge on any atom is 0.326 e. The molecule has 1 aromatic carbocycles. The average Bonchev–Trinajstić information content (AvgIpc) is 2.42. The number of amides is 1. The molecule has 0 aliphatic rings. The first kappa shape index (κ1) is 16.8. The number of carbonyl (C=O) groups excluding carboxylic acids is 1. The number of methoxy groups -OCH3 is 1. The highest BCUT2D eigenvalue weighted by molar-refractivity contribution is 5.83. The quantitative estimate of drug-likeness (QED) is 0.413. The van der Waals surface area contributed by atoms with Crippen LogP contribution in [0, 0.1) is 0 Å². The highest BCUT2D eigenvalue weighted by Crippen LogP contribution is 2.25. The second-order valence-electron chi connectivity index (χ2n) is 4.58. The molecule has 0 bridgehead atoms. The van der Waals surface area contributed by atoms with Crippen molar-refractivity contribution in [1.82, 2.24) is 5.32 Å². The Morgan fingerprint density at radius 2 is 2.00 bits per heavy atom. The molecule has 0 unspecified atom stereocenters. The number of hydrogen-bond donors (Lipinski definition) is 4. The number of nitrogens with one attached hydrogen (secondary N) is 1. The van der Waals surface area contributed by atoms with Crippen LogP contribution in [0.15, 0.2) is 18.2 Å². The Bertz CT molecular complexity index is 502. The molecule has 1 amide bonds. The summed E-state index contributed by atoms with van der Waals surface area (Å²) in [6, 6.07) is 2.93. The van der Waals surface area contributed by atoms with E-state index in [1.54, 1.807) is 0 Å². The molecule has 1 aromatic rings. The van der Waals surface area contributed by atoms with Crippen molar-refractivity contribution in [2.75, 3.05) is 13.7 Å². The third-order valence-electron chi connectivity index (χ3n) is 2.87. The van der Waals surface area contributed by atoms with E-state index in [-0.39, 0.29) is 30.2 Å². The van der Waals surface area contributed by atoms with Crippen LogP contribution >= 0.6 is 0 Å². The fourth-order valence-corrected chi connectivity index (χ4v) is 1.78. The Morgan fingerprint density at radius 1 is 1.29 bits per heavy atom. The summed E-state index contributed by atoms with van der Waals surface area (Å²) >= 11 is 0. The third-order valence-corrected chi connectivity index (χ3v) is 2.87. The van der Waals surface area contributed by atoms with Crippen LogP contribution in [0.1, 0.15) is 18.4 Å². The van der Waals surface area contributed by atoms with Crippen molar-refractivity contribution in [1.29, 1.82) is 0 Å². The average molecular weight is 297 g/mol. The van der Waals surface area contributed by atoms with Crippen molar-refractivity contribution in [3.05, 3.63) is 23.8 Å². The number of aromatic hydroxyl groups is 2. The fraction of sp³-hybridized carbons (Fsp3) is 0.429. The van der Waals surface area contributed by atoms with Crippen molar-refractivity contribution < 1.29 is 29.6 Å². The normalized spacial score (nSPS) is 11.9. The van der Waals surface area contributed by atoms with Gasteiger partial charge in [-0.3, -0.25) is 4.79 Å². The summed E-state index contributed by atoms with van der Waals surface area (Å²) in [4.78, 5) is 22.8. The Kier molecular flexibility index (Phi) is 6.48. The van der Waals surface area contributed by atoms with Crippen LogP contribution in [0.5, 0.6) is 11.5 Å². The highest BCUT2D eigenvalue weighted by Gasteiger charge is 2.20. The minimum atomic E-state index is -1.16. The lowest BCUT2D eigenvalue weighted by Crippen LogP contribution is -2.42. The molecule has 1 rings (SSSR count). The number of benzene rings is 1. The minimum Gasteiger partial charge on any atom is -0.504 e. The summed E-state index contributed by atoms with van der Waals surface area (Å²) in [6.45, 7) is 0.428. The molecule has 0 aromatic heterocycles. The molecule has 7 nitrogen and oxygen atoms in total. The predicted molar refractivity (Wildman–Crippen MR) is 74.2 cm³/mol. The van der Waals surface area contributed by atoms with Gasteiger partial charge in [0.25, 0.3) is 0 Å². The first-order chi connectivity index (χ1) is 9.93. The number of ether oxygens (including phenoxy) is 1. The lowest BCUT2D eigenvalue weighted by atomic mass is 10.0. The van der Waals surface area contributed by atoms with Crippen molar-refractivity contribution >= 4 is 11.9 Å². The summed E-state index contributed by atoms with van der Waals surface area (Å²) in [5.74, 6) is -2.15. The van der Waals surface area contributed by atoms with E-state index in [1.807, 2.05) is 0 Å². The van der Waals surface area contributed by atoms with E-state index in [4.69, 9.17) is 9.84 Å². The van der Waals surface area contributed by atoms with E-state index in [2.05, 4.69) is 5.32 Å². The zero-order chi connectivity index (χ0) is 15.8. The molecule has 1 atom stereocenters. The largest absolute Gasteiger partial charge is 0.504 e. The van der Waals surface area contributed by atoms with Gasteiger partial charge in [-0.25, -0.2) is 4.79 Å². The number of carboxylic acids is 1. The van der Waals surface area contributed by atoms with E-state index in [0.717, 1.165) is 0 Å². The van der Waals surface area contributed by atoms with E-state index in [0.29, 0.717) is 18.6 Å². The molecular weight excluding hydrogens is 278 g/mol. The summed E-state index contributed by atoms with van der Waals surface area (Å²) in [7, 11) is 1.52. The second kappa shape index (κ2) is 8.11. The molecule has 0 aliphatic heterocycles. The van der Waals surface area contributed by atoms with Crippen LogP contribution in [-0.4, -0.2) is 47.0 Å². The molecule has 116 valence electrons. The van der Waals surface area contributed by atoms with Gasteiger partial charge in [0.1, 0.15) is 6.04 Å². The summed E-state index contributed by atoms with van der Waals surface area (Å²) in [6.07, 6.45) is 0.701. The predicted octanol–water partition coefficient (Wildman–Crippen LogP) is 0.636. The minimum absolute atomic E-state index is 0.0131. The van der Waals surface area contributed by atoms with Crippen LogP contribution in [-0.2, 0) is 20.7 Å². The van der Waals surface area contributed by atoms with Gasteiger partial charge in [-0.05, 0) is 24.1 Å². The van der Waals surface area contributed by atoms with Gasteiger partial charge in [0.05, 0.1) is 0 Å². The van der Waals surface area contributed by atoms with Gasteiger partial charge in [0.2, 0.25) is 5.91 Å². The maximum absolute atomic E-state index is 11.6. The first-order valence-corrected chi connectivity index (χ1v) is 6.46. The summed E-state index contributed by atoms with van der Waals surface area (Å²) < 4.78 is 4.82. The van der Waals surface area contributed by atoms with Gasteiger partial charge in [-0.1, -0.05) is 6.07 Å². The molecule has 7 heteroatoms. The Balaban J connectivity index is 2.63. The smallest absolute Gasteiger partial charge is 0.326 e. The van der Waals surface area contributed by atoms with Gasteiger partial charge in [-0.15, -0.1) is 0 Å². The molecule has 21 heavy (non-hydrogen) atoms. The van der Waals surface area contributed by atoms with Gasteiger partial charge >= 0.3 is 5.97 Å². The zero-order valence-electron chi connectivity index (χ0n) is 11.7. The van der Waals surface area contributed by atoms with Gasteiger partial charge in [0.15, 0.2) is 11.5 Å². The Morgan fingerprint density at radius 3 is 2.57 bits per heavy atom. The van der Waals surface area contributed by atoms with E-state index >= 15 is 0 Å². The topological polar surface area (TPSA) is 116 Å². The van der Waals surface area contributed by atoms with Crippen LogP contribution < -0.4 is 5.32 Å². The number of carbonyl (C=O) groups is 2. The standard InChI is InChI=1S/C14H19NO6/c1-21-6-2-3-13(18)15-10(14(19)20)7-9-4-5-11(16)12(17)8-9/h4-5,8,10,16-17H,2-3,6-7H2,1H3,(H,15,18)(H,19,20)/t10-/m0/s1. The van der Waals surface area contributed by atoms with Crippen molar-refractivity contribution in [3.8, 4) is 11.5 Å². The van der Waals surface area contributed by atoms with Crippen LogP contribution in [0.4, 0.5) is 0 Å². The van der Waals surface area contributed by atoms with Crippen molar-refractivity contribution in [3.63, 3.8) is 0 Å². The Labute approximate surface area is 122 Å². The van der Waals surface area contributed by atoms with Gasteiger partial charge in [0, 0.05) is 26.6 Å². The second-order valence-corrected chi connectivity index (χ2v) is 4.58. The first-order valence-electron chi connectivity index (χ1n) is 6.46. The molecule has 0 fully saturated rings. The molecule has 0 spiro atoms. The van der Waals surface area contributed by atoms with Crippen LogP contribution in [0.2, 0.25) is 0 Å². The number of phenolic OH excluding ortho intramolecular Hbond substituents is 2. The SMILES string of the molecule is COCCCC(=O)N[C@@H](Cc1ccc(O)c(O)c1)C(=O)O. The fourth-order valence-electron chi connectivity index (χ4n) is 1.78. The van der Waals surface area contributed by atoms with E-state index < -0.39 is 12.0 Å². The zero-order valence-corrected chi connectivity index (χ0v) is 11.7. The molecule has 0 heterocycles. The summed E-state index contributed by atoms with van der Waals surface area (Å²) in [5, 5.41) is 30.1.